The molecule has 0 spiro atoms. The summed E-state index contributed by atoms with van der Waals surface area (Å²) in [6, 6.07) is 5.91. The molecule has 0 atom stereocenters. The number of amides is 1. The summed E-state index contributed by atoms with van der Waals surface area (Å²) in [5.41, 5.74) is 9.00. The second kappa shape index (κ2) is 6.32. The smallest absolute Gasteiger partial charge is 0.286 e. The van der Waals surface area contributed by atoms with Gasteiger partial charge in [0.1, 0.15) is 6.61 Å². The molecular weight excluding hydrogens is 270 g/mol. The molecule has 0 fully saturated rings. The number of nitrogens with two attached hydrogens (primary N) is 1. The minimum atomic E-state index is -0.726. The summed E-state index contributed by atoms with van der Waals surface area (Å²) >= 11 is 0. The molecule has 0 aliphatic heterocycles. The van der Waals surface area contributed by atoms with Crippen LogP contribution in [-0.2, 0) is 0 Å². The molecule has 6 nitrogen and oxygen atoms in total. The van der Waals surface area contributed by atoms with Crippen molar-refractivity contribution in [2.75, 3.05) is 13.2 Å². The largest absolute Gasteiger partial charge is 0.475 e. The van der Waals surface area contributed by atoms with Crippen LogP contribution < -0.4 is 10.5 Å². The van der Waals surface area contributed by atoms with Gasteiger partial charge in [0.25, 0.3) is 5.91 Å². The van der Waals surface area contributed by atoms with Gasteiger partial charge in [-0.1, -0.05) is 18.2 Å². The predicted molar refractivity (Wildman–Crippen MR) is 78.0 cm³/mol. The zero-order valence-electron chi connectivity index (χ0n) is 12.0. The lowest BCUT2D eigenvalue weighted by Crippen LogP contribution is -2.16. The van der Waals surface area contributed by atoms with Crippen molar-refractivity contribution in [2.45, 2.75) is 13.8 Å². The zero-order valence-corrected chi connectivity index (χ0v) is 12.0. The fraction of sp³-hybridized carbons (Fsp3) is 0.267. The average molecular weight is 287 g/mol. The van der Waals surface area contributed by atoms with Gasteiger partial charge in [0.2, 0.25) is 11.7 Å². The standard InChI is InChI=1S/C15H17N3O3/c1-9-3-4-11(7-10(9)2)12-8-17-14(13(16)20)18-15(12)21-6-5-19/h3-4,7-8,19H,5-6H2,1-2H3,(H2,16,20). The highest BCUT2D eigenvalue weighted by Gasteiger charge is 2.14. The molecule has 0 radical (unpaired) electrons. The van der Waals surface area contributed by atoms with Gasteiger partial charge in [-0.05, 0) is 30.5 Å². The van der Waals surface area contributed by atoms with E-state index in [4.69, 9.17) is 15.6 Å². The van der Waals surface area contributed by atoms with Crippen LogP contribution in [0.5, 0.6) is 5.88 Å². The molecule has 110 valence electrons. The van der Waals surface area contributed by atoms with Gasteiger partial charge in [-0.15, -0.1) is 0 Å². The Morgan fingerprint density at radius 1 is 1.33 bits per heavy atom. The molecule has 1 amide bonds. The molecule has 3 N–H and O–H groups in total. The first kappa shape index (κ1) is 14.9. The van der Waals surface area contributed by atoms with Crippen LogP contribution in [0, 0.1) is 13.8 Å². The van der Waals surface area contributed by atoms with E-state index in [1.165, 1.54) is 11.8 Å². The Morgan fingerprint density at radius 3 is 2.71 bits per heavy atom. The summed E-state index contributed by atoms with van der Waals surface area (Å²) in [4.78, 5) is 19.1. The highest BCUT2D eigenvalue weighted by Crippen LogP contribution is 2.29. The van der Waals surface area contributed by atoms with Crippen molar-refractivity contribution in [2.24, 2.45) is 5.73 Å². The second-order valence-corrected chi connectivity index (χ2v) is 4.65. The lowest BCUT2D eigenvalue weighted by Gasteiger charge is -2.11. The number of hydrogen-bond donors (Lipinski definition) is 2. The van der Waals surface area contributed by atoms with Crippen molar-refractivity contribution < 1.29 is 14.6 Å². The quantitative estimate of drug-likeness (QED) is 0.861. The number of benzene rings is 1. The van der Waals surface area contributed by atoms with E-state index in [2.05, 4.69) is 9.97 Å². The fourth-order valence-electron chi connectivity index (χ4n) is 1.84. The molecule has 0 aliphatic rings. The molecule has 21 heavy (non-hydrogen) atoms. The maximum Gasteiger partial charge on any atom is 0.286 e. The number of primary amides is 1. The lowest BCUT2D eigenvalue weighted by molar-refractivity contribution is 0.0989. The fourth-order valence-corrected chi connectivity index (χ4v) is 1.84. The van der Waals surface area contributed by atoms with Crippen molar-refractivity contribution in [3.63, 3.8) is 0 Å². The Balaban J connectivity index is 2.50. The Bertz CT molecular complexity index is 671. The van der Waals surface area contributed by atoms with Crippen molar-refractivity contribution in [3.05, 3.63) is 41.3 Å². The molecule has 2 rings (SSSR count). The number of aromatic nitrogens is 2. The number of hydrogen-bond acceptors (Lipinski definition) is 5. The SMILES string of the molecule is Cc1ccc(-c2cnc(C(N)=O)nc2OCCO)cc1C. The van der Waals surface area contributed by atoms with Crippen LogP contribution in [0.25, 0.3) is 11.1 Å². The van der Waals surface area contributed by atoms with Gasteiger partial charge in [-0.3, -0.25) is 4.79 Å². The Morgan fingerprint density at radius 2 is 2.10 bits per heavy atom. The molecule has 0 unspecified atom stereocenters. The van der Waals surface area contributed by atoms with E-state index >= 15 is 0 Å². The van der Waals surface area contributed by atoms with E-state index in [0.717, 1.165) is 11.1 Å². The van der Waals surface area contributed by atoms with E-state index < -0.39 is 5.91 Å². The van der Waals surface area contributed by atoms with E-state index in [0.29, 0.717) is 5.56 Å². The molecule has 1 aromatic carbocycles. The third-order valence-electron chi connectivity index (χ3n) is 3.12. The van der Waals surface area contributed by atoms with Gasteiger partial charge >= 0.3 is 0 Å². The number of carbonyl (C=O) groups excluding carboxylic acids is 1. The first-order chi connectivity index (χ1) is 10.0. The van der Waals surface area contributed by atoms with Crippen LogP contribution in [-0.4, -0.2) is 34.2 Å². The number of aliphatic hydroxyl groups excluding tert-OH is 1. The normalized spacial score (nSPS) is 10.4. The maximum absolute atomic E-state index is 11.2. The molecule has 2 aromatic rings. The van der Waals surface area contributed by atoms with Crippen LogP contribution in [0.4, 0.5) is 0 Å². The molecule has 1 heterocycles. The lowest BCUT2D eigenvalue weighted by atomic mass is 10.0. The highest BCUT2D eigenvalue weighted by molar-refractivity contribution is 5.89. The summed E-state index contributed by atoms with van der Waals surface area (Å²) in [6.07, 6.45) is 1.50. The van der Waals surface area contributed by atoms with Crippen molar-refractivity contribution in [1.29, 1.82) is 0 Å². The minimum absolute atomic E-state index is 0.0764. The molecule has 0 saturated heterocycles. The van der Waals surface area contributed by atoms with E-state index in [1.807, 2.05) is 32.0 Å². The molecular formula is C15H17N3O3. The molecule has 0 saturated carbocycles. The molecule has 6 heteroatoms. The Hall–Kier alpha value is -2.47. The minimum Gasteiger partial charge on any atom is -0.475 e. The third kappa shape index (κ3) is 3.35. The van der Waals surface area contributed by atoms with Gasteiger partial charge < -0.3 is 15.6 Å². The van der Waals surface area contributed by atoms with Crippen LogP contribution in [0.15, 0.2) is 24.4 Å². The zero-order chi connectivity index (χ0) is 15.4. The summed E-state index contributed by atoms with van der Waals surface area (Å²) in [5.74, 6) is -0.609. The summed E-state index contributed by atoms with van der Waals surface area (Å²) in [7, 11) is 0. The summed E-state index contributed by atoms with van der Waals surface area (Å²) < 4.78 is 5.39. The summed E-state index contributed by atoms with van der Waals surface area (Å²) in [6.45, 7) is 3.95. The highest BCUT2D eigenvalue weighted by atomic mass is 16.5. The first-order valence-electron chi connectivity index (χ1n) is 6.51. The van der Waals surface area contributed by atoms with Crippen molar-refractivity contribution in [3.8, 4) is 17.0 Å². The van der Waals surface area contributed by atoms with Crippen LogP contribution >= 0.6 is 0 Å². The van der Waals surface area contributed by atoms with Gasteiger partial charge in [0.15, 0.2) is 0 Å². The van der Waals surface area contributed by atoms with E-state index in [-0.39, 0.29) is 24.9 Å². The van der Waals surface area contributed by atoms with Crippen LogP contribution in [0.2, 0.25) is 0 Å². The average Bonchev–Trinajstić information content (AvgIpc) is 2.47. The topological polar surface area (TPSA) is 98.3 Å². The van der Waals surface area contributed by atoms with Gasteiger partial charge in [-0.25, -0.2) is 4.98 Å². The number of carbonyl (C=O) groups is 1. The van der Waals surface area contributed by atoms with E-state index in [9.17, 15) is 4.79 Å². The first-order valence-corrected chi connectivity index (χ1v) is 6.51. The Kier molecular flexibility index (Phi) is 4.49. The molecule has 0 aliphatic carbocycles. The Labute approximate surface area is 122 Å². The van der Waals surface area contributed by atoms with Crippen molar-refractivity contribution in [1.82, 2.24) is 9.97 Å². The second-order valence-electron chi connectivity index (χ2n) is 4.65. The van der Waals surface area contributed by atoms with E-state index in [1.54, 1.807) is 0 Å². The molecule has 1 aromatic heterocycles. The van der Waals surface area contributed by atoms with Crippen LogP contribution in [0.3, 0.4) is 0 Å². The number of nitrogens with zero attached hydrogens (tertiary/aromatic N) is 2. The third-order valence-corrected chi connectivity index (χ3v) is 3.12. The maximum atomic E-state index is 11.2. The summed E-state index contributed by atoms with van der Waals surface area (Å²) in [5, 5.41) is 8.89. The number of aryl methyl sites for hydroxylation is 2. The number of rotatable bonds is 5. The van der Waals surface area contributed by atoms with Gasteiger partial charge in [0.05, 0.1) is 12.2 Å². The molecule has 0 bridgehead atoms. The van der Waals surface area contributed by atoms with Crippen molar-refractivity contribution >= 4 is 5.91 Å². The van der Waals surface area contributed by atoms with Gasteiger partial charge in [0, 0.05) is 6.20 Å². The predicted octanol–water partition coefficient (Wildman–Crippen LogP) is 1.23. The van der Waals surface area contributed by atoms with Crippen LogP contribution in [0.1, 0.15) is 21.7 Å². The monoisotopic (exact) mass is 287 g/mol. The number of aliphatic hydroxyl groups is 1. The van der Waals surface area contributed by atoms with Gasteiger partial charge in [-0.2, -0.15) is 4.98 Å². The number of ether oxygens (including phenoxy) is 1.